The molecule has 0 bridgehead atoms. The van der Waals surface area contributed by atoms with Gasteiger partial charge in [0.25, 0.3) is 0 Å². The highest BCUT2D eigenvalue weighted by atomic mass is 19.1. The third-order valence-corrected chi connectivity index (χ3v) is 3.43. The maximum Gasteiger partial charge on any atom is 0.165 e. The molecule has 104 valence electrons. The number of fused-ring (bicyclic) bond motifs is 1. The van der Waals surface area contributed by atoms with E-state index in [0.29, 0.717) is 13.1 Å². The molecule has 0 saturated carbocycles. The van der Waals surface area contributed by atoms with Crippen LogP contribution in [0.2, 0.25) is 0 Å². The number of para-hydroxylation sites is 1. The largest absolute Gasteiger partial charge is 0.505 e. The minimum atomic E-state index is -0.589. The molecule has 20 heavy (non-hydrogen) atoms. The molecule has 2 aromatic carbocycles. The zero-order valence-electron chi connectivity index (χ0n) is 11.0. The summed E-state index contributed by atoms with van der Waals surface area (Å²) < 4.78 is 19.0. The summed E-state index contributed by atoms with van der Waals surface area (Å²) in [5.41, 5.74) is 2.03. The van der Waals surface area contributed by atoms with Crippen molar-refractivity contribution in [1.29, 1.82) is 0 Å². The van der Waals surface area contributed by atoms with Crippen molar-refractivity contribution in [2.45, 2.75) is 19.1 Å². The minimum absolute atomic E-state index is 0.120. The number of ether oxygens (including phenoxy) is 1. The van der Waals surface area contributed by atoms with Crippen molar-refractivity contribution in [2.24, 2.45) is 0 Å². The highest BCUT2D eigenvalue weighted by Crippen LogP contribution is 2.27. The Balaban J connectivity index is 1.51. The SMILES string of the molecule is Oc1ccc(CNCC2Cc3ccccc3O2)cc1F. The molecule has 0 aromatic heterocycles. The Bertz CT molecular complexity index is 590. The number of nitrogens with one attached hydrogen (secondary N) is 1. The third-order valence-electron chi connectivity index (χ3n) is 3.43. The molecule has 0 fully saturated rings. The van der Waals surface area contributed by atoms with E-state index in [-0.39, 0.29) is 11.9 Å². The van der Waals surface area contributed by atoms with Gasteiger partial charge in [0.1, 0.15) is 11.9 Å². The molecule has 0 amide bonds. The molecule has 2 aromatic rings. The quantitative estimate of drug-likeness (QED) is 0.899. The van der Waals surface area contributed by atoms with E-state index in [4.69, 9.17) is 9.84 Å². The second-order valence-electron chi connectivity index (χ2n) is 4.97. The Labute approximate surface area is 117 Å². The first kappa shape index (κ1) is 12.9. The Morgan fingerprint density at radius 1 is 1.25 bits per heavy atom. The lowest BCUT2D eigenvalue weighted by Gasteiger charge is -2.12. The summed E-state index contributed by atoms with van der Waals surface area (Å²) in [5, 5.41) is 12.4. The van der Waals surface area contributed by atoms with Crippen molar-refractivity contribution in [3.63, 3.8) is 0 Å². The van der Waals surface area contributed by atoms with Crippen molar-refractivity contribution in [2.75, 3.05) is 6.54 Å². The maximum absolute atomic E-state index is 13.2. The Morgan fingerprint density at radius 2 is 2.10 bits per heavy atom. The Morgan fingerprint density at radius 3 is 2.90 bits per heavy atom. The van der Waals surface area contributed by atoms with Crippen molar-refractivity contribution >= 4 is 0 Å². The van der Waals surface area contributed by atoms with Crippen LogP contribution in [0, 0.1) is 5.82 Å². The van der Waals surface area contributed by atoms with Crippen molar-refractivity contribution in [1.82, 2.24) is 5.32 Å². The Hall–Kier alpha value is -2.07. The fraction of sp³-hybridized carbons (Fsp3) is 0.250. The number of aromatic hydroxyl groups is 1. The second kappa shape index (κ2) is 5.51. The first-order valence-electron chi connectivity index (χ1n) is 6.65. The van der Waals surface area contributed by atoms with Gasteiger partial charge in [-0.3, -0.25) is 0 Å². The lowest BCUT2D eigenvalue weighted by molar-refractivity contribution is 0.227. The smallest absolute Gasteiger partial charge is 0.165 e. The lowest BCUT2D eigenvalue weighted by atomic mass is 10.1. The van der Waals surface area contributed by atoms with Crippen molar-refractivity contribution in [3.8, 4) is 11.5 Å². The molecule has 0 radical (unpaired) electrons. The minimum Gasteiger partial charge on any atom is -0.505 e. The fourth-order valence-electron chi connectivity index (χ4n) is 2.41. The Kier molecular flexibility index (Phi) is 3.56. The monoisotopic (exact) mass is 273 g/mol. The van der Waals surface area contributed by atoms with Crippen molar-refractivity contribution < 1.29 is 14.2 Å². The van der Waals surface area contributed by atoms with Gasteiger partial charge in [-0.1, -0.05) is 24.3 Å². The molecule has 2 N–H and O–H groups in total. The van der Waals surface area contributed by atoms with Crippen LogP contribution in [0.3, 0.4) is 0 Å². The molecule has 0 aliphatic carbocycles. The van der Waals surface area contributed by atoms with E-state index in [0.717, 1.165) is 17.7 Å². The van der Waals surface area contributed by atoms with Crippen LogP contribution in [0.5, 0.6) is 11.5 Å². The van der Waals surface area contributed by atoms with Crippen LogP contribution >= 0.6 is 0 Å². The summed E-state index contributed by atoms with van der Waals surface area (Å²) >= 11 is 0. The van der Waals surface area contributed by atoms with Gasteiger partial charge in [-0.25, -0.2) is 4.39 Å². The second-order valence-corrected chi connectivity index (χ2v) is 4.97. The molecule has 1 atom stereocenters. The van der Waals surface area contributed by atoms with Gasteiger partial charge in [0.15, 0.2) is 11.6 Å². The van der Waals surface area contributed by atoms with Gasteiger partial charge in [0.2, 0.25) is 0 Å². The molecular formula is C16H16FNO2. The van der Waals surface area contributed by atoms with E-state index in [9.17, 15) is 4.39 Å². The number of hydrogen-bond donors (Lipinski definition) is 2. The summed E-state index contributed by atoms with van der Waals surface area (Å²) in [5.74, 6) is 0.0483. The van der Waals surface area contributed by atoms with Crippen LogP contribution < -0.4 is 10.1 Å². The van der Waals surface area contributed by atoms with E-state index < -0.39 is 5.82 Å². The van der Waals surface area contributed by atoms with Gasteiger partial charge in [-0.05, 0) is 29.3 Å². The molecule has 4 heteroatoms. The molecule has 3 rings (SSSR count). The molecule has 1 aliphatic rings. The number of benzene rings is 2. The number of halogens is 1. The molecule has 3 nitrogen and oxygen atoms in total. The van der Waals surface area contributed by atoms with Gasteiger partial charge >= 0.3 is 0 Å². The van der Waals surface area contributed by atoms with Gasteiger partial charge in [0, 0.05) is 19.5 Å². The van der Waals surface area contributed by atoms with E-state index >= 15 is 0 Å². The molecule has 0 spiro atoms. The van der Waals surface area contributed by atoms with Gasteiger partial charge in [-0.15, -0.1) is 0 Å². The molecule has 1 unspecified atom stereocenters. The summed E-state index contributed by atoms with van der Waals surface area (Å²) in [6.07, 6.45) is 1.02. The third kappa shape index (κ3) is 2.75. The standard InChI is InChI=1S/C16H16FNO2/c17-14-7-11(5-6-15(14)19)9-18-10-13-8-12-3-1-2-4-16(12)20-13/h1-7,13,18-19H,8-10H2. The van der Waals surface area contributed by atoms with Crippen LogP contribution in [0.4, 0.5) is 4.39 Å². The number of phenols is 1. The first-order valence-corrected chi connectivity index (χ1v) is 6.65. The van der Waals surface area contributed by atoms with E-state index in [1.165, 1.54) is 17.7 Å². The predicted molar refractivity (Wildman–Crippen MR) is 74.3 cm³/mol. The number of phenolic OH excluding ortho intramolecular Hbond substituents is 1. The van der Waals surface area contributed by atoms with Gasteiger partial charge in [-0.2, -0.15) is 0 Å². The first-order chi connectivity index (χ1) is 9.72. The summed E-state index contributed by atoms with van der Waals surface area (Å²) in [4.78, 5) is 0. The number of hydrogen-bond acceptors (Lipinski definition) is 3. The highest BCUT2D eigenvalue weighted by Gasteiger charge is 2.21. The van der Waals surface area contributed by atoms with Crippen LogP contribution in [0.1, 0.15) is 11.1 Å². The summed E-state index contributed by atoms with van der Waals surface area (Å²) in [6.45, 7) is 1.25. The van der Waals surface area contributed by atoms with Crippen LogP contribution in [-0.4, -0.2) is 17.8 Å². The zero-order chi connectivity index (χ0) is 13.9. The van der Waals surface area contributed by atoms with Gasteiger partial charge in [0.05, 0.1) is 0 Å². The average molecular weight is 273 g/mol. The molecule has 1 aliphatic heterocycles. The van der Waals surface area contributed by atoms with Gasteiger partial charge < -0.3 is 15.2 Å². The fourth-order valence-corrected chi connectivity index (χ4v) is 2.41. The van der Waals surface area contributed by atoms with E-state index in [1.54, 1.807) is 6.07 Å². The number of rotatable bonds is 4. The van der Waals surface area contributed by atoms with Crippen molar-refractivity contribution in [3.05, 3.63) is 59.4 Å². The summed E-state index contributed by atoms with van der Waals surface area (Å²) in [6, 6.07) is 12.4. The predicted octanol–water partition coefficient (Wildman–Crippen LogP) is 2.62. The highest BCUT2D eigenvalue weighted by molar-refractivity contribution is 5.37. The summed E-state index contributed by atoms with van der Waals surface area (Å²) in [7, 11) is 0. The van der Waals surface area contributed by atoms with Crippen LogP contribution in [0.25, 0.3) is 0 Å². The lowest BCUT2D eigenvalue weighted by Crippen LogP contribution is -2.29. The van der Waals surface area contributed by atoms with E-state index in [1.807, 2.05) is 18.2 Å². The molecular weight excluding hydrogens is 257 g/mol. The zero-order valence-corrected chi connectivity index (χ0v) is 11.0. The van der Waals surface area contributed by atoms with E-state index in [2.05, 4.69) is 11.4 Å². The van der Waals surface area contributed by atoms with Crippen LogP contribution in [-0.2, 0) is 13.0 Å². The normalized spacial score (nSPS) is 16.8. The van der Waals surface area contributed by atoms with Crippen LogP contribution in [0.15, 0.2) is 42.5 Å². The average Bonchev–Trinajstić information content (AvgIpc) is 2.85. The topological polar surface area (TPSA) is 41.5 Å². The maximum atomic E-state index is 13.2. The molecule has 0 saturated heterocycles. The molecule has 1 heterocycles.